The molecular weight excluding hydrogens is 190 g/mol. The third-order valence-corrected chi connectivity index (χ3v) is 2.23. The number of hydrogen-bond acceptors (Lipinski definition) is 2. The number of fused-ring (bicyclic) bond motifs is 1. The summed E-state index contributed by atoms with van der Waals surface area (Å²) in [7, 11) is 0. The molecule has 0 aliphatic carbocycles. The first-order valence-corrected chi connectivity index (χ1v) is 4.51. The van der Waals surface area contributed by atoms with Crippen molar-refractivity contribution < 1.29 is 4.79 Å². The third kappa shape index (κ3) is 1.55. The van der Waals surface area contributed by atoms with Crippen molar-refractivity contribution in [2.45, 2.75) is 6.92 Å². The number of amides is 1. The van der Waals surface area contributed by atoms with E-state index in [1.807, 2.05) is 31.2 Å². The normalized spacial score (nSPS) is 9.87. The number of aromatic amines is 1. The van der Waals surface area contributed by atoms with Crippen molar-refractivity contribution in [3.63, 3.8) is 0 Å². The molecule has 0 unspecified atom stereocenters. The van der Waals surface area contributed by atoms with E-state index in [0.717, 1.165) is 16.6 Å². The molecule has 0 saturated heterocycles. The molecule has 1 aromatic carbocycles. The monoisotopic (exact) mass is 199 g/mol. The maximum Gasteiger partial charge on any atom is 0.326 e. The molecule has 0 fully saturated rings. The number of para-hydroxylation sites is 1. The lowest BCUT2D eigenvalue weighted by atomic mass is 10.2. The average molecular weight is 199 g/mol. The largest absolute Gasteiger partial charge is 0.357 e. The summed E-state index contributed by atoms with van der Waals surface area (Å²) in [4.78, 5) is 14.1. The van der Waals surface area contributed by atoms with Crippen molar-refractivity contribution in [2.75, 3.05) is 5.32 Å². The van der Waals surface area contributed by atoms with Gasteiger partial charge in [0.2, 0.25) is 0 Å². The Hall–Kier alpha value is -2.28. The molecule has 0 aliphatic heterocycles. The first-order valence-electron chi connectivity index (χ1n) is 4.51. The predicted octanol–water partition coefficient (Wildman–Crippen LogP) is 1.94. The number of aryl methyl sites for hydroxylation is 1. The summed E-state index contributed by atoms with van der Waals surface area (Å²) in [5, 5.41) is 11.9. The molecular formula is C11H9N3O. The second-order valence-electron chi connectivity index (χ2n) is 3.24. The molecule has 0 spiro atoms. The van der Waals surface area contributed by atoms with Crippen molar-refractivity contribution in [1.29, 1.82) is 5.26 Å². The van der Waals surface area contributed by atoms with Crippen LogP contribution in [0.15, 0.2) is 24.3 Å². The minimum atomic E-state index is -0.650. The highest BCUT2D eigenvalue weighted by Gasteiger charge is 2.09. The van der Waals surface area contributed by atoms with Gasteiger partial charge >= 0.3 is 5.91 Å². The van der Waals surface area contributed by atoms with E-state index in [0.29, 0.717) is 5.69 Å². The van der Waals surface area contributed by atoms with Gasteiger partial charge in [0.15, 0.2) is 6.07 Å². The molecule has 0 saturated carbocycles. The van der Waals surface area contributed by atoms with Crippen LogP contribution in [0.1, 0.15) is 5.69 Å². The lowest BCUT2D eigenvalue weighted by Gasteiger charge is -1.99. The van der Waals surface area contributed by atoms with Crippen LogP contribution in [0.3, 0.4) is 0 Å². The van der Waals surface area contributed by atoms with Crippen LogP contribution in [0, 0.1) is 18.3 Å². The quantitative estimate of drug-likeness (QED) is 0.689. The zero-order valence-corrected chi connectivity index (χ0v) is 8.16. The number of hydrogen-bond donors (Lipinski definition) is 2. The Labute approximate surface area is 86.5 Å². The standard InChI is InChI=1S/C11H9N3O/c1-7-11(14-10(15)6-12)8-4-2-3-5-9(8)13-7/h2-5,13H,1H3,(H,14,15). The van der Waals surface area contributed by atoms with Gasteiger partial charge in [-0.25, -0.2) is 0 Å². The van der Waals surface area contributed by atoms with Gasteiger partial charge in [0.25, 0.3) is 0 Å². The summed E-state index contributed by atoms with van der Waals surface area (Å²) in [6, 6.07) is 9.14. The summed E-state index contributed by atoms with van der Waals surface area (Å²) in [6.07, 6.45) is 0. The lowest BCUT2D eigenvalue weighted by molar-refractivity contribution is -0.111. The lowest BCUT2D eigenvalue weighted by Crippen LogP contribution is -2.08. The number of nitrogens with zero attached hydrogens (tertiary/aromatic N) is 1. The Morgan fingerprint density at radius 3 is 2.93 bits per heavy atom. The smallest absolute Gasteiger partial charge is 0.326 e. The maximum atomic E-state index is 11.0. The van der Waals surface area contributed by atoms with Crippen molar-refractivity contribution in [2.24, 2.45) is 0 Å². The summed E-state index contributed by atoms with van der Waals surface area (Å²) in [6.45, 7) is 1.85. The highest BCUT2D eigenvalue weighted by Crippen LogP contribution is 2.26. The van der Waals surface area contributed by atoms with E-state index in [9.17, 15) is 4.79 Å². The Kier molecular flexibility index (Phi) is 2.14. The van der Waals surface area contributed by atoms with Crippen LogP contribution in [0.4, 0.5) is 5.69 Å². The van der Waals surface area contributed by atoms with Crippen LogP contribution in [0.2, 0.25) is 0 Å². The zero-order valence-electron chi connectivity index (χ0n) is 8.16. The molecule has 4 nitrogen and oxygen atoms in total. The number of carbonyl (C=O) groups is 1. The van der Waals surface area contributed by atoms with E-state index in [2.05, 4.69) is 10.3 Å². The fourth-order valence-corrected chi connectivity index (χ4v) is 1.58. The molecule has 2 aromatic rings. The average Bonchev–Trinajstić information content (AvgIpc) is 2.55. The Morgan fingerprint density at radius 1 is 1.47 bits per heavy atom. The van der Waals surface area contributed by atoms with Gasteiger partial charge in [0.05, 0.1) is 5.69 Å². The van der Waals surface area contributed by atoms with Crippen LogP contribution in [0.25, 0.3) is 10.9 Å². The zero-order chi connectivity index (χ0) is 10.8. The fraction of sp³-hybridized carbons (Fsp3) is 0.0909. The van der Waals surface area contributed by atoms with Crippen LogP contribution in [-0.2, 0) is 4.79 Å². The number of carbonyl (C=O) groups excluding carboxylic acids is 1. The number of benzene rings is 1. The van der Waals surface area contributed by atoms with Gasteiger partial charge in [-0.2, -0.15) is 5.26 Å². The highest BCUT2D eigenvalue weighted by molar-refractivity contribution is 6.08. The summed E-state index contributed by atoms with van der Waals surface area (Å²) < 4.78 is 0. The molecule has 0 radical (unpaired) electrons. The molecule has 0 aliphatic rings. The van der Waals surface area contributed by atoms with Gasteiger partial charge in [-0.1, -0.05) is 18.2 Å². The number of aromatic nitrogens is 1. The summed E-state index contributed by atoms with van der Waals surface area (Å²) >= 11 is 0. The van der Waals surface area contributed by atoms with E-state index >= 15 is 0 Å². The molecule has 2 rings (SSSR count). The number of nitriles is 1. The van der Waals surface area contributed by atoms with Crippen LogP contribution in [-0.4, -0.2) is 10.9 Å². The fourth-order valence-electron chi connectivity index (χ4n) is 1.58. The minimum Gasteiger partial charge on any atom is -0.357 e. The molecule has 4 heteroatoms. The summed E-state index contributed by atoms with van der Waals surface area (Å²) in [5.41, 5.74) is 2.47. The van der Waals surface area contributed by atoms with Crippen molar-refractivity contribution in [3.8, 4) is 6.07 Å². The summed E-state index contributed by atoms with van der Waals surface area (Å²) in [5.74, 6) is -0.650. The van der Waals surface area contributed by atoms with Crippen molar-refractivity contribution >= 4 is 22.5 Å². The maximum absolute atomic E-state index is 11.0. The SMILES string of the molecule is Cc1[nH]c2ccccc2c1NC(=O)C#N. The third-order valence-electron chi connectivity index (χ3n) is 2.23. The minimum absolute atomic E-state index is 0.650. The number of H-pyrrole nitrogens is 1. The first-order chi connectivity index (χ1) is 7.22. The van der Waals surface area contributed by atoms with E-state index < -0.39 is 5.91 Å². The molecule has 15 heavy (non-hydrogen) atoms. The van der Waals surface area contributed by atoms with Crippen LogP contribution >= 0.6 is 0 Å². The van der Waals surface area contributed by atoms with Crippen molar-refractivity contribution in [1.82, 2.24) is 4.98 Å². The van der Waals surface area contributed by atoms with Crippen molar-refractivity contribution in [3.05, 3.63) is 30.0 Å². The Balaban J connectivity index is 2.55. The second kappa shape index (κ2) is 3.46. The van der Waals surface area contributed by atoms with Gasteiger partial charge in [-0.15, -0.1) is 0 Å². The molecule has 0 atom stereocenters. The van der Waals surface area contributed by atoms with Gasteiger partial charge in [-0.05, 0) is 13.0 Å². The van der Waals surface area contributed by atoms with E-state index in [1.54, 1.807) is 0 Å². The van der Waals surface area contributed by atoms with Crippen LogP contribution < -0.4 is 5.32 Å². The molecule has 74 valence electrons. The van der Waals surface area contributed by atoms with Crippen LogP contribution in [0.5, 0.6) is 0 Å². The molecule has 1 amide bonds. The highest BCUT2D eigenvalue weighted by atomic mass is 16.1. The van der Waals surface area contributed by atoms with E-state index in [-0.39, 0.29) is 0 Å². The van der Waals surface area contributed by atoms with E-state index in [4.69, 9.17) is 5.26 Å². The van der Waals surface area contributed by atoms with Gasteiger partial charge in [0.1, 0.15) is 0 Å². The molecule has 2 N–H and O–H groups in total. The number of rotatable bonds is 1. The number of anilines is 1. The second-order valence-corrected chi connectivity index (χ2v) is 3.24. The molecule has 1 aromatic heterocycles. The van der Waals surface area contributed by atoms with Gasteiger partial charge in [0, 0.05) is 16.6 Å². The first kappa shape index (κ1) is 9.28. The predicted molar refractivity (Wildman–Crippen MR) is 57.3 cm³/mol. The molecule has 0 bridgehead atoms. The topological polar surface area (TPSA) is 68.7 Å². The van der Waals surface area contributed by atoms with E-state index in [1.165, 1.54) is 6.07 Å². The molecule has 1 heterocycles. The number of nitrogens with one attached hydrogen (secondary N) is 2. The Bertz CT molecular complexity index is 563. The van der Waals surface area contributed by atoms with Gasteiger partial charge < -0.3 is 10.3 Å². The van der Waals surface area contributed by atoms with Gasteiger partial charge in [-0.3, -0.25) is 4.79 Å². The Morgan fingerprint density at radius 2 is 2.20 bits per heavy atom.